The highest BCUT2D eigenvalue weighted by atomic mass is 79.9. The van der Waals surface area contributed by atoms with Gasteiger partial charge in [0.15, 0.2) is 0 Å². The van der Waals surface area contributed by atoms with Gasteiger partial charge in [0, 0.05) is 17.2 Å². The number of carbonyl (C=O) groups is 1. The van der Waals surface area contributed by atoms with Crippen molar-refractivity contribution < 1.29 is 4.79 Å². The third kappa shape index (κ3) is 5.07. The predicted octanol–water partition coefficient (Wildman–Crippen LogP) is 4.10. The zero-order valence-corrected chi connectivity index (χ0v) is 12.5. The molecule has 1 fully saturated rings. The molecular weight excluding hydrogens is 304 g/mol. The minimum Gasteiger partial charge on any atom is -0.334 e. The van der Waals surface area contributed by atoms with Crippen LogP contribution in [0.25, 0.3) is 0 Å². The summed E-state index contributed by atoms with van der Waals surface area (Å²) in [5, 5.41) is 5.66. The lowest BCUT2D eigenvalue weighted by atomic mass is 9.96. The molecule has 0 aliphatic heterocycles. The van der Waals surface area contributed by atoms with Gasteiger partial charge in [-0.3, -0.25) is 0 Å². The van der Waals surface area contributed by atoms with Crippen molar-refractivity contribution >= 4 is 22.0 Å². The molecule has 1 aromatic rings. The Morgan fingerprint density at radius 3 is 2.79 bits per heavy atom. The number of hydrogen-bond donors (Lipinski definition) is 2. The van der Waals surface area contributed by atoms with E-state index in [1.165, 1.54) is 24.8 Å². The number of rotatable bonds is 3. The Labute approximate surface area is 122 Å². The molecule has 102 valence electrons. The van der Waals surface area contributed by atoms with E-state index in [-0.39, 0.29) is 6.03 Å². The summed E-state index contributed by atoms with van der Waals surface area (Å²) in [6, 6.07) is 7.78. The number of hydrogen-bond acceptors (Lipinski definition) is 1. The first-order valence-corrected chi connectivity index (χ1v) is 7.50. The van der Waals surface area contributed by atoms with Crippen molar-refractivity contribution in [2.75, 3.05) is 0 Å². The molecule has 4 heteroatoms. The summed E-state index contributed by atoms with van der Waals surface area (Å²) in [4.78, 5) is 11.7. The Hall–Kier alpha value is -1.29. The zero-order valence-electron chi connectivity index (χ0n) is 10.9. The molecule has 0 bridgehead atoms. The number of halogens is 1. The van der Waals surface area contributed by atoms with E-state index in [2.05, 4.69) is 26.6 Å². The van der Waals surface area contributed by atoms with Gasteiger partial charge in [-0.25, -0.2) is 4.79 Å². The first kappa shape index (κ1) is 14.1. The second kappa shape index (κ2) is 7.34. The lowest BCUT2D eigenvalue weighted by Gasteiger charge is -2.13. The van der Waals surface area contributed by atoms with Crippen LogP contribution in [-0.2, 0) is 6.54 Å². The average molecular weight is 323 g/mol. The van der Waals surface area contributed by atoms with Crippen molar-refractivity contribution in [2.24, 2.45) is 0 Å². The summed E-state index contributed by atoms with van der Waals surface area (Å²) in [5.41, 5.74) is 2.43. The standard InChI is InChI=1S/C15H19BrN2O/c16-14-8-4-7-13(9-14)11-18-15(19)17-10-12-5-2-1-3-6-12/h4,7-10H,1-3,5-6,11H2,(H2,17,18,19). The number of allylic oxidation sites excluding steroid dienone is 1. The van der Waals surface area contributed by atoms with Gasteiger partial charge in [-0.2, -0.15) is 0 Å². The summed E-state index contributed by atoms with van der Waals surface area (Å²) in [7, 11) is 0. The maximum atomic E-state index is 11.7. The van der Waals surface area contributed by atoms with Gasteiger partial charge in [-0.15, -0.1) is 0 Å². The fraction of sp³-hybridized carbons (Fsp3) is 0.400. The molecule has 0 aromatic heterocycles. The van der Waals surface area contributed by atoms with Crippen LogP contribution in [0.5, 0.6) is 0 Å². The summed E-state index contributed by atoms with van der Waals surface area (Å²) < 4.78 is 1.02. The normalized spacial score (nSPS) is 14.9. The SMILES string of the molecule is O=C(NC=C1CCCCC1)NCc1cccc(Br)c1. The molecule has 1 saturated carbocycles. The van der Waals surface area contributed by atoms with Crippen molar-refractivity contribution in [3.8, 4) is 0 Å². The first-order valence-electron chi connectivity index (χ1n) is 6.71. The molecule has 1 aliphatic rings. The summed E-state index contributed by atoms with van der Waals surface area (Å²) in [6.07, 6.45) is 7.90. The van der Waals surface area contributed by atoms with Crippen molar-refractivity contribution in [1.29, 1.82) is 0 Å². The van der Waals surface area contributed by atoms with Crippen LogP contribution in [0.3, 0.4) is 0 Å². The fourth-order valence-corrected chi connectivity index (χ4v) is 2.64. The highest BCUT2D eigenvalue weighted by Crippen LogP contribution is 2.21. The number of amides is 2. The van der Waals surface area contributed by atoms with Gasteiger partial charge >= 0.3 is 6.03 Å². The highest BCUT2D eigenvalue weighted by Gasteiger charge is 2.05. The Kier molecular flexibility index (Phi) is 5.45. The van der Waals surface area contributed by atoms with E-state index in [0.717, 1.165) is 22.9 Å². The molecule has 0 atom stereocenters. The molecule has 0 unspecified atom stereocenters. The highest BCUT2D eigenvalue weighted by molar-refractivity contribution is 9.10. The van der Waals surface area contributed by atoms with Gasteiger partial charge in [0.25, 0.3) is 0 Å². The van der Waals surface area contributed by atoms with Gasteiger partial charge < -0.3 is 10.6 Å². The molecule has 2 N–H and O–H groups in total. The minimum atomic E-state index is -0.141. The molecule has 0 heterocycles. The van der Waals surface area contributed by atoms with Crippen LogP contribution in [-0.4, -0.2) is 6.03 Å². The van der Waals surface area contributed by atoms with Gasteiger partial charge in [0.2, 0.25) is 0 Å². The lowest BCUT2D eigenvalue weighted by Crippen LogP contribution is -2.32. The number of urea groups is 1. The summed E-state index contributed by atoms with van der Waals surface area (Å²) in [6.45, 7) is 0.536. The van der Waals surface area contributed by atoms with E-state index in [9.17, 15) is 4.79 Å². The molecule has 3 nitrogen and oxygen atoms in total. The molecule has 0 radical (unpaired) electrons. The van der Waals surface area contributed by atoms with Gasteiger partial charge in [0.05, 0.1) is 0 Å². The largest absolute Gasteiger partial charge is 0.334 e. The molecule has 0 saturated heterocycles. The van der Waals surface area contributed by atoms with E-state index in [4.69, 9.17) is 0 Å². The summed E-state index contributed by atoms with van der Waals surface area (Å²) in [5.74, 6) is 0. The van der Waals surface area contributed by atoms with Crippen molar-refractivity contribution in [3.05, 3.63) is 46.1 Å². The molecule has 0 spiro atoms. The second-order valence-corrected chi connectivity index (χ2v) is 5.74. The first-order chi connectivity index (χ1) is 9.24. The topological polar surface area (TPSA) is 41.1 Å². The van der Waals surface area contributed by atoms with Crippen LogP contribution in [0.15, 0.2) is 40.5 Å². The number of nitrogens with one attached hydrogen (secondary N) is 2. The lowest BCUT2D eigenvalue weighted by molar-refractivity contribution is 0.243. The predicted molar refractivity (Wildman–Crippen MR) is 80.7 cm³/mol. The maximum absolute atomic E-state index is 11.7. The van der Waals surface area contributed by atoms with E-state index < -0.39 is 0 Å². The molecule has 1 aliphatic carbocycles. The average Bonchev–Trinajstić information content (AvgIpc) is 2.44. The number of carbonyl (C=O) groups excluding carboxylic acids is 1. The molecule has 1 aromatic carbocycles. The van der Waals surface area contributed by atoms with Crippen LogP contribution in [0.2, 0.25) is 0 Å². The number of benzene rings is 1. The fourth-order valence-electron chi connectivity index (χ4n) is 2.20. The Morgan fingerprint density at radius 2 is 2.05 bits per heavy atom. The monoisotopic (exact) mass is 322 g/mol. The van der Waals surface area contributed by atoms with Gasteiger partial charge in [-0.05, 0) is 43.4 Å². The van der Waals surface area contributed by atoms with Gasteiger partial charge in [0.1, 0.15) is 0 Å². The van der Waals surface area contributed by atoms with E-state index in [1.807, 2.05) is 30.5 Å². The van der Waals surface area contributed by atoms with Crippen molar-refractivity contribution in [2.45, 2.75) is 38.6 Å². The molecule has 19 heavy (non-hydrogen) atoms. The Balaban J connectivity index is 1.75. The van der Waals surface area contributed by atoms with Crippen LogP contribution >= 0.6 is 15.9 Å². The van der Waals surface area contributed by atoms with Crippen LogP contribution in [0.4, 0.5) is 4.79 Å². The second-order valence-electron chi connectivity index (χ2n) is 4.82. The maximum Gasteiger partial charge on any atom is 0.319 e. The molecule has 2 amide bonds. The van der Waals surface area contributed by atoms with E-state index >= 15 is 0 Å². The zero-order chi connectivity index (χ0) is 13.5. The van der Waals surface area contributed by atoms with Crippen LogP contribution < -0.4 is 10.6 Å². The van der Waals surface area contributed by atoms with Crippen molar-refractivity contribution in [1.82, 2.24) is 10.6 Å². The van der Waals surface area contributed by atoms with Crippen LogP contribution in [0, 0.1) is 0 Å². The molecular formula is C15H19BrN2O. The summed E-state index contributed by atoms with van der Waals surface area (Å²) >= 11 is 3.41. The van der Waals surface area contributed by atoms with Crippen LogP contribution in [0.1, 0.15) is 37.7 Å². The smallest absolute Gasteiger partial charge is 0.319 e. The van der Waals surface area contributed by atoms with Crippen molar-refractivity contribution in [3.63, 3.8) is 0 Å². The van der Waals surface area contributed by atoms with Gasteiger partial charge in [-0.1, -0.05) is 40.1 Å². The van der Waals surface area contributed by atoms with E-state index in [0.29, 0.717) is 6.54 Å². The third-order valence-corrected chi connectivity index (χ3v) is 3.74. The minimum absolute atomic E-state index is 0.141. The Bertz CT molecular complexity index is 463. The Morgan fingerprint density at radius 1 is 1.26 bits per heavy atom. The third-order valence-electron chi connectivity index (χ3n) is 3.25. The quantitative estimate of drug-likeness (QED) is 0.864. The molecule has 2 rings (SSSR count). The van der Waals surface area contributed by atoms with E-state index in [1.54, 1.807) is 0 Å².